The molecule has 0 saturated carbocycles. The monoisotopic (exact) mass is 411 g/mol. The van der Waals surface area contributed by atoms with Gasteiger partial charge in [-0.25, -0.2) is 8.42 Å². The number of nitrogens with one attached hydrogen (secondary N) is 1. The van der Waals surface area contributed by atoms with Gasteiger partial charge in [0.25, 0.3) is 5.91 Å². The fourth-order valence-corrected chi connectivity index (χ4v) is 5.81. The van der Waals surface area contributed by atoms with E-state index in [-0.39, 0.29) is 35.8 Å². The molecule has 0 aliphatic carbocycles. The van der Waals surface area contributed by atoms with Gasteiger partial charge in [0.15, 0.2) is 0 Å². The van der Waals surface area contributed by atoms with Crippen molar-refractivity contribution in [3.63, 3.8) is 0 Å². The molecule has 0 aromatic heterocycles. The van der Waals surface area contributed by atoms with Gasteiger partial charge in [-0.1, -0.05) is 0 Å². The molecule has 0 atom stereocenters. The number of thioether (sulfide) groups is 1. The number of nitrogens with zero attached hydrogens (tertiary/aromatic N) is 2. The van der Waals surface area contributed by atoms with Crippen LogP contribution in [0.3, 0.4) is 0 Å². The Bertz CT molecular complexity index is 781. The first-order chi connectivity index (χ1) is 12.9. The molecular weight excluding hydrogens is 386 g/mol. The average molecular weight is 412 g/mol. The lowest BCUT2D eigenvalue weighted by Gasteiger charge is -2.33. The van der Waals surface area contributed by atoms with E-state index in [1.54, 1.807) is 17.0 Å². The summed E-state index contributed by atoms with van der Waals surface area (Å²) >= 11 is 1.90. The second kappa shape index (κ2) is 8.62. The van der Waals surface area contributed by atoms with Gasteiger partial charge in [-0.05, 0) is 48.6 Å². The molecule has 27 heavy (non-hydrogen) atoms. The Morgan fingerprint density at radius 1 is 1.04 bits per heavy atom. The van der Waals surface area contributed by atoms with E-state index < -0.39 is 10.0 Å². The van der Waals surface area contributed by atoms with Crippen molar-refractivity contribution < 1.29 is 18.0 Å². The van der Waals surface area contributed by atoms with Crippen LogP contribution in [0.1, 0.15) is 30.1 Å². The van der Waals surface area contributed by atoms with Crippen LogP contribution in [0.25, 0.3) is 0 Å². The van der Waals surface area contributed by atoms with Crippen LogP contribution in [0, 0.1) is 0 Å². The minimum Gasteiger partial charge on any atom is -0.349 e. The Hall–Kier alpha value is -1.58. The summed E-state index contributed by atoms with van der Waals surface area (Å²) in [6.07, 6.45) is 1.93. The number of hydrogen-bond acceptors (Lipinski definition) is 5. The van der Waals surface area contributed by atoms with Crippen LogP contribution < -0.4 is 5.32 Å². The number of benzene rings is 1. The maximum atomic E-state index is 12.8. The molecule has 9 heteroatoms. The van der Waals surface area contributed by atoms with Gasteiger partial charge in [0.1, 0.15) is 0 Å². The van der Waals surface area contributed by atoms with E-state index in [2.05, 4.69) is 5.32 Å². The van der Waals surface area contributed by atoms with Gasteiger partial charge >= 0.3 is 0 Å². The van der Waals surface area contributed by atoms with E-state index in [1.807, 2.05) is 11.8 Å². The molecule has 148 valence electrons. The Balaban J connectivity index is 1.63. The number of rotatable bonds is 4. The predicted octanol–water partition coefficient (Wildman–Crippen LogP) is 1.16. The Morgan fingerprint density at radius 2 is 1.63 bits per heavy atom. The first-order valence-corrected chi connectivity index (χ1v) is 11.7. The summed E-state index contributed by atoms with van der Waals surface area (Å²) in [4.78, 5) is 25.6. The third kappa shape index (κ3) is 4.83. The standard InChI is InChI=1S/C18H25N3O4S2/c1-14(22)20-8-10-21(11-9-20)27(24,25)17-4-2-15(3-5-17)18(23)19-16-6-12-26-13-7-16/h2-5,16H,6-13H2,1H3,(H,19,23). The number of carbonyl (C=O) groups is 2. The lowest BCUT2D eigenvalue weighted by molar-refractivity contribution is -0.129. The Morgan fingerprint density at radius 3 is 2.19 bits per heavy atom. The lowest BCUT2D eigenvalue weighted by atomic mass is 10.1. The minimum atomic E-state index is -3.62. The molecule has 0 unspecified atom stereocenters. The summed E-state index contributed by atoms with van der Waals surface area (Å²) in [5.74, 6) is 1.91. The topological polar surface area (TPSA) is 86.8 Å². The largest absolute Gasteiger partial charge is 0.349 e. The molecule has 0 bridgehead atoms. The normalized spacial score (nSPS) is 19.7. The average Bonchev–Trinajstić information content (AvgIpc) is 2.69. The van der Waals surface area contributed by atoms with E-state index in [0.717, 1.165) is 24.3 Å². The number of carbonyl (C=O) groups excluding carboxylic acids is 2. The van der Waals surface area contributed by atoms with Crippen molar-refractivity contribution in [3.8, 4) is 0 Å². The number of piperazine rings is 1. The van der Waals surface area contributed by atoms with Gasteiger partial charge in [0.2, 0.25) is 15.9 Å². The molecule has 7 nitrogen and oxygen atoms in total. The number of hydrogen-bond donors (Lipinski definition) is 1. The highest BCUT2D eigenvalue weighted by Gasteiger charge is 2.29. The molecule has 1 aromatic carbocycles. The first kappa shape index (κ1) is 20.2. The first-order valence-electron chi connectivity index (χ1n) is 9.12. The zero-order valence-corrected chi connectivity index (χ0v) is 17.0. The van der Waals surface area contributed by atoms with Crippen molar-refractivity contribution >= 4 is 33.6 Å². The third-order valence-electron chi connectivity index (χ3n) is 4.99. The van der Waals surface area contributed by atoms with Crippen LogP contribution >= 0.6 is 11.8 Å². The molecule has 2 heterocycles. The molecule has 0 spiro atoms. The van der Waals surface area contributed by atoms with Crippen LogP contribution in [0.4, 0.5) is 0 Å². The van der Waals surface area contributed by atoms with Gasteiger partial charge in [-0.3, -0.25) is 9.59 Å². The molecule has 1 N–H and O–H groups in total. The molecule has 2 amide bonds. The van der Waals surface area contributed by atoms with Crippen molar-refractivity contribution in [3.05, 3.63) is 29.8 Å². The molecule has 2 saturated heterocycles. The Kier molecular flexibility index (Phi) is 6.44. The summed E-state index contributed by atoms with van der Waals surface area (Å²) in [6, 6.07) is 6.29. The number of sulfonamides is 1. The van der Waals surface area contributed by atoms with Crippen molar-refractivity contribution in [2.75, 3.05) is 37.7 Å². The van der Waals surface area contributed by atoms with Crippen LogP contribution in [-0.4, -0.2) is 73.2 Å². The fraction of sp³-hybridized carbons (Fsp3) is 0.556. The summed E-state index contributed by atoms with van der Waals surface area (Å²) in [6.45, 7) is 2.84. The highest BCUT2D eigenvalue weighted by molar-refractivity contribution is 7.99. The predicted molar refractivity (Wildman–Crippen MR) is 105 cm³/mol. The Labute approximate surface area is 164 Å². The summed E-state index contributed by atoms with van der Waals surface area (Å²) < 4.78 is 27.0. The van der Waals surface area contributed by atoms with Gasteiger partial charge in [0.05, 0.1) is 4.90 Å². The van der Waals surface area contributed by atoms with Crippen molar-refractivity contribution in [1.82, 2.24) is 14.5 Å². The van der Waals surface area contributed by atoms with Crippen molar-refractivity contribution in [1.29, 1.82) is 0 Å². The SMILES string of the molecule is CC(=O)N1CCN(S(=O)(=O)c2ccc(C(=O)NC3CCSCC3)cc2)CC1. The molecule has 2 fully saturated rings. The summed E-state index contributed by atoms with van der Waals surface area (Å²) in [5.41, 5.74) is 0.466. The molecule has 2 aliphatic heterocycles. The summed E-state index contributed by atoms with van der Waals surface area (Å²) in [5, 5.41) is 3.02. The van der Waals surface area contributed by atoms with E-state index >= 15 is 0 Å². The minimum absolute atomic E-state index is 0.0426. The molecule has 1 aromatic rings. The fourth-order valence-electron chi connectivity index (χ4n) is 3.28. The highest BCUT2D eigenvalue weighted by atomic mass is 32.2. The zero-order valence-electron chi connectivity index (χ0n) is 15.4. The van der Waals surface area contributed by atoms with Crippen LogP contribution in [-0.2, 0) is 14.8 Å². The highest BCUT2D eigenvalue weighted by Crippen LogP contribution is 2.20. The molecule has 3 rings (SSSR count). The van der Waals surface area contributed by atoms with Crippen molar-refractivity contribution in [2.45, 2.75) is 30.7 Å². The zero-order chi connectivity index (χ0) is 19.4. The molecule has 0 radical (unpaired) electrons. The van der Waals surface area contributed by atoms with Crippen LogP contribution in [0.2, 0.25) is 0 Å². The van der Waals surface area contributed by atoms with E-state index in [9.17, 15) is 18.0 Å². The maximum Gasteiger partial charge on any atom is 0.251 e. The maximum absolute atomic E-state index is 12.8. The molecular formula is C18H25N3O4S2. The van der Waals surface area contributed by atoms with Gasteiger partial charge in [-0.15, -0.1) is 0 Å². The second-order valence-electron chi connectivity index (χ2n) is 6.79. The number of amides is 2. The van der Waals surface area contributed by atoms with E-state index in [0.29, 0.717) is 18.7 Å². The van der Waals surface area contributed by atoms with Gasteiger partial charge < -0.3 is 10.2 Å². The van der Waals surface area contributed by atoms with E-state index in [1.165, 1.54) is 23.4 Å². The summed E-state index contributed by atoms with van der Waals surface area (Å²) in [7, 11) is -3.62. The van der Waals surface area contributed by atoms with Crippen LogP contribution in [0.5, 0.6) is 0 Å². The lowest BCUT2D eigenvalue weighted by Crippen LogP contribution is -2.49. The van der Waals surface area contributed by atoms with Gasteiger partial charge in [0, 0.05) is 44.7 Å². The smallest absolute Gasteiger partial charge is 0.251 e. The quantitative estimate of drug-likeness (QED) is 0.804. The van der Waals surface area contributed by atoms with Crippen LogP contribution in [0.15, 0.2) is 29.2 Å². The second-order valence-corrected chi connectivity index (χ2v) is 9.96. The third-order valence-corrected chi connectivity index (χ3v) is 7.96. The van der Waals surface area contributed by atoms with Crippen molar-refractivity contribution in [2.24, 2.45) is 0 Å². The molecule has 2 aliphatic rings. The van der Waals surface area contributed by atoms with Gasteiger partial charge in [-0.2, -0.15) is 16.1 Å². The van der Waals surface area contributed by atoms with E-state index in [4.69, 9.17) is 0 Å².